The summed E-state index contributed by atoms with van der Waals surface area (Å²) in [5, 5.41) is 3.64. The highest BCUT2D eigenvalue weighted by molar-refractivity contribution is 5.67. The number of ether oxygens (including phenoxy) is 7. The van der Waals surface area contributed by atoms with Crippen LogP contribution in [0.25, 0.3) is 0 Å². The molecule has 2 atom stereocenters. The van der Waals surface area contributed by atoms with Gasteiger partial charge in [0.15, 0.2) is 34.5 Å². The number of hydrogen-bond donors (Lipinski definition) is 1. The van der Waals surface area contributed by atoms with Gasteiger partial charge in [0.1, 0.15) is 5.75 Å². The normalized spacial score (nSPS) is 18.2. The van der Waals surface area contributed by atoms with E-state index in [1.165, 1.54) is 22.3 Å². The van der Waals surface area contributed by atoms with Crippen LogP contribution in [0.15, 0.2) is 54.6 Å². The molecule has 0 spiro atoms. The van der Waals surface area contributed by atoms with E-state index in [1.807, 2.05) is 6.07 Å². The van der Waals surface area contributed by atoms with Gasteiger partial charge in [0, 0.05) is 56.6 Å². The Balaban J connectivity index is 1.46. The molecule has 0 amide bonds. The minimum Gasteiger partial charge on any atom is -0.493 e. The Morgan fingerprint density at radius 1 is 0.717 bits per heavy atom. The Kier molecular flexibility index (Phi) is 11.3. The molecule has 0 aromatic heterocycles. The Labute approximate surface area is 313 Å². The molecule has 0 aliphatic carbocycles. The third kappa shape index (κ3) is 7.38. The first-order chi connectivity index (χ1) is 25.9. The summed E-state index contributed by atoms with van der Waals surface area (Å²) in [6, 6.07) is 19.1. The van der Waals surface area contributed by atoms with E-state index in [0.29, 0.717) is 59.8 Å². The van der Waals surface area contributed by atoms with Crippen molar-refractivity contribution < 1.29 is 33.2 Å². The van der Waals surface area contributed by atoms with E-state index in [-0.39, 0.29) is 12.1 Å². The first-order valence-electron chi connectivity index (χ1n) is 18.6. The summed E-state index contributed by atoms with van der Waals surface area (Å²) < 4.78 is 43.4. The quantitative estimate of drug-likeness (QED) is 0.169. The highest BCUT2D eigenvalue weighted by Gasteiger charge is 2.37. The van der Waals surface area contributed by atoms with Gasteiger partial charge in [-0.25, -0.2) is 0 Å². The van der Waals surface area contributed by atoms with Gasteiger partial charge in [-0.3, -0.25) is 9.80 Å². The lowest BCUT2D eigenvalue weighted by Gasteiger charge is -2.38. The van der Waals surface area contributed by atoms with Crippen molar-refractivity contribution >= 4 is 0 Å². The van der Waals surface area contributed by atoms with Crippen molar-refractivity contribution in [3.05, 3.63) is 93.5 Å². The highest BCUT2D eigenvalue weighted by atomic mass is 16.5. The SMILES string of the molecule is COCCCNCc1c2c3c(c(OC)c1OC)Oc1cc4c(cc1OC)CCN(C)[C@H]4Cc1ccc(cc1)Oc1cc(ccc1OC)C[C@@H]3N(C)CC2. The molecule has 4 aromatic rings. The molecule has 0 unspecified atom stereocenters. The predicted molar refractivity (Wildman–Crippen MR) is 206 cm³/mol. The highest BCUT2D eigenvalue weighted by Crippen LogP contribution is 2.54. The van der Waals surface area contributed by atoms with Crippen molar-refractivity contribution in [1.82, 2.24) is 15.1 Å². The maximum absolute atomic E-state index is 7.21. The van der Waals surface area contributed by atoms with E-state index in [2.05, 4.69) is 77.7 Å². The maximum Gasteiger partial charge on any atom is 0.204 e. The second-order valence-corrected chi connectivity index (χ2v) is 14.2. The number of likely N-dealkylation sites (N-methyl/N-ethyl adjacent to an activating group) is 2. The molecule has 10 nitrogen and oxygen atoms in total. The number of methoxy groups -OCH3 is 5. The molecule has 0 fully saturated rings. The van der Waals surface area contributed by atoms with Crippen LogP contribution in [0.1, 0.15) is 57.4 Å². The first kappa shape index (κ1) is 36.9. The fraction of sp³-hybridized carbons (Fsp3) is 0.442. The first-order valence-corrected chi connectivity index (χ1v) is 18.6. The molecule has 4 aliphatic heterocycles. The molecule has 6 bridgehead atoms. The van der Waals surface area contributed by atoms with Crippen LogP contribution in [0.5, 0.6) is 46.0 Å². The van der Waals surface area contributed by atoms with Crippen molar-refractivity contribution in [1.29, 1.82) is 0 Å². The monoisotopic (exact) mass is 723 g/mol. The van der Waals surface area contributed by atoms with E-state index < -0.39 is 0 Å². The summed E-state index contributed by atoms with van der Waals surface area (Å²) in [4.78, 5) is 4.84. The summed E-state index contributed by atoms with van der Waals surface area (Å²) in [7, 11) is 12.9. The zero-order chi connectivity index (χ0) is 37.1. The lowest BCUT2D eigenvalue weighted by Crippen LogP contribution is -2.35. The molecule has 8 rings (SSSR count). The average molecular weight is 724 g/mol. The van der Waals surface area contributed by atoms with Gasteiger partial charge in [-0.05, 0) is 117 Å². The largest absolute Gasteiger partial charge is 0.493 e. The second-order valence-electron chi connectivity index (χ2n) is 14.2. The van der Waals surface area contributed by atoms with E-state index >= 15 is 0 Å². The van der Waals surface area contributed by atoms with Crippen LogP contribution < -0.4 is 33.7 Å². The Hall–Kier alpha value is -4.48. The Morgan fingerprint density at radius 3 is 2.15 bits per heavy atom. The lowest BCUT2D eigenvalue weighted by molar-refractivity contribution is 0.194. The molecule has 0 saturated heterocycles. The zero-order valence-corrected chi connectivity index (χ0v) is 32.2. The molecule has 4 aliphatic rings. The fourth-order valence-electron chi connectivity index (χ4n) is 8.25. The predicted octanol–water partition coefficient (Wildman–Crippen LogP) is 7.29. The summed E-state index contributed by atoms with van der Waals surface area (Å²) in [5.74, 6) is 5.39. The van der Waals surface area contributed by atoms with E-state index in [9.17, 15) is 0 Å². The maximum atomic E-state index is 7.21. The number of nitrogens with one attached hydrogen (secondary N) is 1. The Morgan fingerprint density at radius 2 is 1.42 bits per heavy atom. The van der Waals surface area contributed by atoms with Crippen LogP contribution in [0.3, 0.4) is 0 Å². The minimum absolute atomic E-state index is 0.0530. The standard InChI is InChI=1S/C43H53N3O7/c1-45-18-15-29-24-37(49-5)39-25-32(29)34(45)21-27-9-12-30(13-10-27)52-38-23-28(11-14-36(38)48-4)22-35-40-31(16-19-46(35)2)33(26-44-17-8-20-47-3)41(50-6)43(51-7)42(40)53-39/h9-14,23-25,34-35,44H,8,15-22,26H2,1-7H3/t34-,35-/m0/s1. The molecular formula is C43H53N3O7. The molecule has 4 aromatic carbocycles. The average Bonchev–Trinajstić information content (AvgIpc) is 3.17. The molecule has 4 heterocycles. The van der Waals surface area contributed by atoms with Crippen molar-refractivity contribution in [3.63, 3.8) is 0 Å². The zero-order valence-electron chi connectivity index (χ0n) is 32.2. The van der Waals surface area contributed by atoms with Crippen molar-refractivity contribution in [2.45, 2.75) is 50.7 Å². The molecule has 0 radical (unpaired) electrons. The summed E-state index contributed by atoms with van der Waals surface area (Å²) >= 11 is 0. The number of nitrogens with zero attached hydrogens (tertiary/aromatic N) is 2. The minimum atomic E-state index is -0.0530. The molecule has 1 N–H and O–H groups in total. The van der Waals surface area contributed by atoms with Crippen LogP contribution in [0.2, 0.25) is 0 Å². The van der Waals surface area contributed by atoms with Gasteiger partial charge in [0.25, 0.3) is 0 Å². The summed E-state index contributed by atoms with van der Waals surface area (Å²) in [6.45, 7) is 3.95. The number of fused-ring (bicyclic) bond motifs is 2. The number of benzene rings is 4. The van der Waals surface area contributed by atoms with Crippen molar-refractivity contribution in [3.8, 4) is 46.0 Å². The molecule has 282 valence electrons. The summed E-state index contributed by atoms with van der Waals surface area (Å²) in [5.41, 5.74) is 8.24. The smallest absolute Gasteiger partial charge is 0.204 e. The lowest BCUT2D eigenvalue weighted by atomic mass is 9.84. The van der Waals surface area contributed by atoms with Gasteiger partial charge in [-0.15, -0.1) is 0 Å². The molecule has 10 heteroatoms. The third-order valence-electron chi connectivity index (χ3n) is 11.1. The van der Waals surface area contributed by atoms with Gasteiger partial charge in [0.05, 0.1) is 28.4 Å². The molecule has 0 saturated carbocycles. The number of rotatable bonds is 10. The molecule has 53 heavy (non-hydrogen) atoms. The van der Waals surface area contributed by atoms with Gasteiger partial charge in [-0.1, -0.05) is 18.2 Å². The van der Waals surface area contributed by atoms with Gasteiger partial charge < -0.3 is 38.5 Å². The fourth-order valence-corrected chi connectivity index (χ4v) is 8.25. The van der Waals surface area contributed by atoms with Gasteiger partial charge >= 0.3 is 0 Å². The van der Waals surface area contributed by atoms with E-state index in [1.54, 1.807) is 35.5 Å². The van der Waals surface area contributed by atoms with Crippen LogP contribution in [-0.2, 0) is 37.0 Å². The Bertz CT molecular complexity index is 1910. The van der Waals surface area contributed by atoms with Crippen LogP contribution in [0, 0.1) is 0 Å². The van der Waals surface area contributed by atoms with Gasteiger partial charge in [0.2, 0.25) is 5.75 Å². The van der Waals surface area contributed by atoms with E-state index in [4.69, 9.17) is 33.2 Å². The van der Waals surface area contributed by atoms with E-state index in [0.717, 1.165) is 67.8 Å². The topological polar surface area (TPSA) is 83.1 Å². The molecular weight excluding hydrogens is 670 g/mol. The van der Waals surface area contributed by atoms with Crippen molar-refractivity contribution in [2.24, 2.45) is 0 Å². The van der Waals surface area contributed by atoms with Crippen molar-refractivity contribution in [2.75, 3.05) is 75.9 Å². The van der Waals surface area contributed by atoms with Crippen LogP contribution >= 0.6 is 0 Å². The third-order valence-corrected chi connectivity index (χ3v) is 11.1. The van der Waals surface area contributed by atoms with Crippen LogP contribution in [-0.4, -0.2) is 85.7 Å². The van der Waals surface area contributed by atoms with Gasteiger partial charge in [-0.2, -0.15) is 0 Å². The second kappa shape index (κ2) is 16.3. The summed E-state index contributed by atoms with van der Waals surface area (Å²) in [6.07, 6.45) is 4.19. The van der Waals surface area contributed by atoms with Crippen LogP contribution in [0.4, 0.5) is 0 Å². The number of hydrogen-bond acceptors (Lipinski definition) is 10.